The van der Waals surface area contributed by atoms with Crippen molar-refractivity contribution >= 4 is 17.5 Å². The third-order valence-electron chi connectivity index (χ3n) is 3.19. The number of hydrogen-bond donors (Lipinski definition) is 2. The molecule has 6 nitrogen and oxygen atoms in total. The Balaban J connectivity index is 1.97. The molecule has 0 aromatic carbocycles. The largest absolute Gasteiger partial charge is 0.370 e. The summed E-state index contributed by atoms with van der Waals surface area (Å²) < 4.78 is 0. The van der Waals surface area contributed by atoms with E-state index in [1.54, 1.807) is 19.0 Å². The Labute approximate surface area is 120 Å². The minimum absolute atomic E-state index is 0.112. The molecule has 1 aromatic rings. The number of carbonyl (C=O) groups excluding carboxylic acids is 1. The van der Waals surface area contributed by atoms with E-state index in [9.17, 15) is 4.79 Å². The highest BCUT2D eigenvalue weighted by atomic mass is 16.2. The Bertz CT molecular complexity index is 471. The Morgan fingerprint density at radius 3 is 2.50 bits per heavy atom. The van der Waals surface area contributed by atoms with E-state index < -0.39 is 0 Å². The van der Waals surface area contributed by atoms with E-state index in [0.29, 0.717) is 18.9 Å². The van der Waals surface area contributed by atoms with Crippen LogP contribution in [0.15, 0.2) is 6.07 Å². The molecule has 1 amide bonds. The maximum atomic E-state index is 11.5. The molecule has 1 aliphatic carbocycles. The molecular formula is C14H23N5O. The Hall–Kier alpha value is -1.85. The molecule has 1 aliphatic rings. The molecule has 0 radical (unpaired) electrons. The second kappa shape index (κ2) is 6.54. The van der Waals surface area contributed by atoms with Gasteiger partial charge in [-0.3, -0.25) is 4.79 Å². The number of amides is 1. The number of carbonyl (C=O) groups is 1. The van der Waals surface area contributed by atoms with Gasteiger partial charge in [0.25, 0.3) is 0 Å². The molecule has 1 fully saturated rings. The number of anilines is 2. The van der Waals surface area contributed by atoms with Gasteiger partial charge in [0.05, 0.1) is 0 Å². The second-order valence-electron chi connectivity index (χ2n) is 5.27. The molecule has 0 unspecified atom stereocenters. The first-order chi connectivity index (χ1) is 9.60. The first kappa shape index (κ1) is 14.6. The van der Waals surface area contributed by atoms with Gasteiger partial charge in [0, 0.05) is 45.6 Å². The van der Waals surface area contributed by atoms with Crippen LogP contribution in [0.4, 0.5) is 11.6 Å². The molecule has 0 spiro atoms. The third-order valence-corrected chi connectivity index (χ3v) is 3.19. The Morgan fingerprint density at radius 2 is 1.95 bits per heavy atom. The van der Waals surface area contributed by atoms with Crippen LogP contribution in [0.2, 0.25) is 0 Å². The minimum Gasteiger partial charge on any atom is -0.370 e. The number of nitrogens with zero attached hydrogens (tertiary/aromatic N) is 3. The molecule has 110 valence electrons. The fourth-order valence-corrected chi connectivity index (χ4v) is 1.87. The highest BCUT2D eigenvalue weighted by Crippen LogP contribution is 2.38. The molecule has 2 N–H and O–H groups in total. The third kappa shape index (κ3) is 4.08. The number of nitrogens with one attached hydrogen (secondary N) is 2. The summed E-state index contributed by atoms with van der Waals surface area (Å²) in [5, 5.41) is 6.44. The van der Waals surface area contributed by atoms with Crippen molar-refractivity contribution in [3.8, 4) is 0 Å². The van der Waals surface area contributed by atoms with E-state index in [4.69, 9.17) is 0 Å². The molecule has 1 saturated carbocycles. The normalized spacial score (nSPS) is 13.9. The summed E-state index contributed by atoms with van der Waals surface area (Å²) in [6, 6.07) is 1.90. The molecule has 6 heteroatoms. The summed E-state index contributed by atoms with van der Waals surface area (Å²) in [5.74, 6) is 3.18. The van der Waals surface area contributed by atoms with Crippen molar-refractivity contribution in [2.75, 3.05) is 37.8 Å². The van der Waals surface area contributed by atoms with Crippen molar-refractivity contribution in [1.29, 1.82) is 0 Å². The van der Waals surface area contributed by atoms with Gasteiger partial charge in [0.15, 0.2) is 0 Å². The van der Waals surface area contributed by atoms with E-state index in [1.807, 2.05) is 13.0 Å². The zero-order valence-electron chi connectivity index (χ0n) is 12.4. The van der Waals surface area contributed by atoms with Gasteiger partial charge in [-0.15, -0.1) is 0 Å². The van der Waals surface area contributed by atoms with Gasteiger partial charge in [0.1, 0.15) is 17.5 Å². The van der Waals surface area contributed by atoms with Crippen LogP contribution in [-0.4, -0.2) is 48.0 Å². The number of rotatable bonds is 7. The van der Waals surface area contributed by atoms with Crippen LogP contribution < -0.4 is 10.6 Å². The number of aromatic nitrogens is 2. The first-order valence-corrected chi connectivity index (χ1v) is 7.17. The van der Waals surface area contributed by atoms with Crippen LogP contribution in [0.1, 0.15) is 37.9 Å². The van der Waals surface area contributed by atoms with Crippen molar-refractivity contribution in [3.63, 3.8) is 0 Å². The predicted molar refractivity (Wildman–Crippen MR) is 80.0 cm³/mol. The lowest BCUT2D eigenvalue weighted by atomic mass is 10.3. The highest BCUT2D eigenvalue weighted by molar-refractivity contribution is 5.76. The quantitative estimate of drug-likeness (QED) is 0.793. The van der Waals surface area contributed by atoms with Crippen molar-refractivity contribution in [3.05, 3.63) is 11.9 Å². The molecular weight excluding hydrogens is 254 g/mol. The summed E-state index contributed by atoms with van der Waals surface area (Å²) in [6.45, 7) is 3.46. The molecule has 0 saturated heterocycles. The second-order valence-corrected chi connectivity index (χ2v) is 5.27. The summed E-state index contributed by atoms with van der Waals surface area (Å²) in [5.41, 5.74) is 0. The van der Waals surface area contributed by atoms with Crippen LogP contribution in [0.3, 0.4) is 0 Å². The topological polar surface area (TPSA) is 70.2 Å². The lowest BCUT2D eigenvalue weighted by Gasteiger charge is -2.12. The molecule has 20 heavy (non-hydrogen) atoms. The Morgan fingerprint density at radius 1 is 1.30 bits per heavy atom. The first-order valence-electron chi connectivity index (χ1n) is 7.17. The van der Waals surface area contributed by atoms with Crippen LogP contribution in [-0.2, 0) is 4.79 Å². The predicted octanol–water partition coefficient (Wildman–Crippen LogP) is 1.68. The lowest BCUT2D eigenvalue weighted by molar-refractivity contribution is -0.128. The monoisotopic (exact) mass is 277 g/mol. The molecule has 0 aliphatic heterocycles. The van der Waals surface area contributed by atoms with Gasteiger partial charge in [-0.2, -0.15) is 0 Å². The van der Waals surface area contributed by atoms with E-state index in [1.165, 1.54) is 12.8 Å². The average molecular weight is 277 g/mol. The minimum atomic E-state index is 0.112. The smallest absolute Gasteiger partial charge is 0.223 e. The SMILES string of the molecule is CCNc1cc(NCCC(=O)N(C)C)nc(C2CC2)n1. The fraction of sp³-hybridized carbons (Fsp3) is 0.643. The van der Waals surface area contributed by atoms with E-state index in [2.05, 4.69) is 20.6 Å². The van der Waals surface area contributed by atoms with Crippen LogP contribution >= 0.6 is 0 Å². The molecule has 2 rings (SSSR count). The summed E-state index contributed by atoms with van der Waals surface area (Å²) in [6.07, 6.45) is 2.81. The molecule has 0 atom stereocenters. The lowest BCUT2D eigenvalue weighted by Crippen LogP contribution is -2.24. The van der Waals surface area contributed by atoms with Crippen LogP contribution in [0.25, 0.3) is 0 Å². The van der Waals surface area contributed by atoms with E-state index in [-0.39, 0.29) is 5.91 Å². The van der Waals surface area contributed by atoms with E-state index in [0.717, 1.165) is 24.0 Å². The summed E-state index contributed by atoms with van der Waals surface area (Å²) >= 11 is 0. The zero-order valence-corrected chi connectivity index (χ0v) is 12.4. The van der Waals surface area contributed by atoms with Crippen molar-refractivity contribution < 1.29 is 4.79 Å². The van der Waals surface area contributed by atoms with Crippen molar-refractivity contribution in [2.45, 2.75) is 32.1 Å². The summed E-state index contributed by atoms with van der Waals surface area (Å²) in [7, 11) is 3.53. The van der Waals surface area contributed by atoms with Crippen molar-refractivity contribution in [1.82, 2.24) is 14.9 Å². The molecule has 1 heterocycles. The zero-order chi connectivity index (χ0) is 14.5. The maximum absolute atomic E-state index is 11.5. The van der Waals surface area contributed by atoms with Gasteiger partial charge in [-0.1, -0.05) is 0 Å². The van der Waals surface area contributed by atoms with Gasteiger partial charge in [-0.25, -0.2) is 9.97 Å². The van der Waals surface area contributed by atoms with Gasteiger partial charge in [0.2, 0.25) is 5.91 Å². The van der Waals surface area contributed by atoms with Gasteiger partial charge >= 0.3 is 0 Å². The van der Waals surface area contributed by atoms with Crippen LogP contribution in [0.5, 0.6) is 0 Å². The maximum Gasteiger partial charge on any atom is 0.223 e. The summed E-state index contributed by atoms with van der Waals surface area (Å²) in [4.78, 5) is 22.2. The standard InChI is InChI=1S/C14H23N5O/c1-4-15-11-9-12(16-8-7-13(20)19(2)3)18-14(17-11)10-5-6-10/h9-10H,4-8H2,1-3H3,(H2,15,16,17,18). The highest BCUT2D eigenvalue weighted by Gasteiger charge is 2.27. The average Bonchev–Trinajstić information content (AvgIpc) is 3.23. The van der Waals surface area contributed by atoms with Gasteiger partial charge < -0.3 is 15.5 Å². The fourth-order valence-electron chi connectivity index (χ4n) is 1.87. The van der Waals surface area contributed by atoms with E-state index >= 15 is 0 Å². The molecule has 0 bridgehead atoms. The van der Waals surface area contributed by atoms with Gasteiger partial charge in [-0.05, 0) is 19.8 Å². The molecule has 1 aromatic heterocycles. The Kier molecular flexibility index (Phi) is 4.76. The van der Waals surface area contributed by atoms with Crippen LogP contribution in [0, 0.1) is 0 Å². The van der Waals surface area contributed by atoms with Crippen molar-refractivity contribution in [2.24, 2.45) is 0 Å². The number of hydrogen-bond acceptors (Lipinski definition) is 5.